The van der Waals surface area contributed by atoms with Crippen LogP contribution in [-0.4, -0.2) is 42.5 Å². The molecule has 1 aromatic heterocycles. The lowest BCUT2D eigenvalue weighted by atomic mass is 9.95. The van der Waals surface area contributed by atoms with Gasteiger partial charge in [-0.05, 0) is 48.2 Å². The van der Waals surface area contributed by atoms with E-state index in [1.54, 1.807) is 0 Å². The number of pyridine rings is 1. The van der Waals surface area contributed by atoms with Crippen molar-refractivity contribution in [3.63, 3.8) is 0 Å². The fraction of sp³-hybridized carbons (Fsp3) is 0.238. The lowest BCUT2D eigenvalue weighted by Crippen LogP contribution is -2.43. The molecule has 1 aromatic carbocycles. The number of carbonyl (C=O) groups excluding carboxylic acids is 3. The molecule has 0 saturated carbocycles. The van der Waals surface area contributed by atoms with Gasteiger partial charge in [-0.3, -0.25) is 9.59 Å². The highest BCUT2D eigenvalue weighted by molar-refractivity contribution is 8.19. The van der Waals surface area contributed by atoms with E-state index in [1.165, 1.54) is 24.4 Å². The Morgan fingerprint density at radius 1 is 1.24 bits per heavy atom. The predicted molar refractivity (Wildman–Crippen MR) is 129 cm³/mol. The van der Waals surface area contributed by atoms with E-state index >= 15 is 0 Å². The van der Waals surface area contributed by atoms with Gasteiger partial charge in [-0.2, -0.15) is 0 Å². The Bertz CT molecular complexity index is 1360. The molecule has 10 nitrogen and oxygen atoms in total. The number of carbonyl (C=O) groups is 3. The molecular weight excluding hydrogens is 502 g/mol. The summed E-state index contributed by atoms with van der Waals surface area (Å²) in [4.78, 5) is 43.1. The molecule has 4 amide bonds. The van der Waals surface area contributed by atoms with Crippen molar-refractivity contribution in [3.05, 3.63) is 57.5 Å². The average Bonchev–Trinajstić information content (AvgIpc) is 3.42. The number of nitrogens with one attached hydrogen (secondary N) is 3. The van der Waals surface area contributed by atoms with Crippen LogP contribution in [0.15, 0.2) is 40.8 Å². The number of aromatic nitrogens is 1. The first kappa shape index (κ1) is 22.7. The van der Waals surface area contributed by atoms with Crippen molar-refractivity contribution in [3.8, 4) is 0 Å². The zero-order valence-electron chi connectivity index (χ0n) is 17.5. The van der Waals surface area contributed by atoms with E-state index in [0.717, 1.165) is 40.9 Å². The summed E-state index contributed by atoms with van der Waals surface area (Å²) in [5.41, 5.74) is 3.30. The van der Waals surface area contributed by atoms with Crippen LogP contribution in [0.1, 0.15) is 27.9 Å². The molecule has 0 saturated heterocycles. The Hall–Kier alpha value is -3.09. The molecule has 5 rings (SSSR count). The van der Waals surface area contributed by atoms with Gasteiger partial charge in [-0.15, -0.1) is 11.6 Å². The fourth-order valence-corrected chi connectivity index (χ4v) is 6.81. The SMILES string of the molecule is O=C(Nc1ccc(N2C(=O)Cc3cc4c(cc3C2=O)CCN4)nc1)NS(=O)(=O)C1=CCC(Cl)S1. The summed E-state index contributed by atoms with van der Waals surface area (Å²) in [6.07, 6.45) is 3.94. The molecule has 4 heterocycles. The normalized spacial score (nSPS) is 19.3. The Morgan fingerprint density at radius 3 is 2.76 bits per heavy atom. The van der Waals surface area contributed by atoms with E-state index in [-0.39, 0.29) is 22.2 Å². The molecule has 0 spiro atoms. The van der Waals surface area contributed by atoms with E-state index in [9.17, 15) is 22.8 Å². The van der Waals surface area contributed by atoms with Crippen LogP contribution in [0.2, 0.25) is 0 Å². The minimum absolute atomic E-state index is 0.0139. The van der Waals surface area contributed by atoms with Crippen LogP contribution in [0.4, 0.5) is 22.0 Å². The van der Waals surface area contributed by atoms with Gasteiger partial charge in [0.15, 0.2) is 0 Å². The maximum absolute atomic E-state index is 13.1. The van der Waals surface area contributed by atoms with Gasteiger partial charge in [0, 0.05) is 17.8 Å². The van der Waals surface area contributed by atoms with Crippen molar-refractivity contribution in [1.29, 1.82) is 0 Å². The highest BCUT2D eigenvalue weighted by Crippen LogP contribution is 2.37. The van der Waals surface area contributed by atoms with Crippen LogP contribution >= 0.6 is 23.4 Å². The molecule has 1 atom stereocenters. The van der Waals surface area contributed by atoms with Gasteiger partial charge in [-0.25, -0.2) is 27.8 Å². The van der Waals surface area contributed by atoms with Crippen LogP contribution in [0.3, 0.4) is 0 Å². The Balaban J connectivity index is 1.29. The quantitative estimate of drug-likeness (QED) is 0.414. The van der Waals surface area contributed by atoms with Crippen molar-refractivity contribution in [2.45, 2.75) is 24.0 Å². The first-order valence-electron chi connectivity index (χ1n) is 10.3. The molecule has 3 aliphatic rings. The average molecular weight is 520 g/mol. The number of rotatable bonds is 4. The fourth-order valence-electron chi connectivity index (χ4n) is 3.95. The maximum atomic E-state index is 13.1. The van der Waals surface area contributed by atoms with Gasteiger partial charge in [0.25, 0.3) is 15.9 Å². The first-order chi connectivity index (χ1) is 16.2. The summed E-state index contributed by atoms with van der Waals surface area (Å²) in [7, 11) is -4.03. The van der Waals surface area contributed by atoms with Crippen LogP contribution in [0.25, 0.3) is 0 Å². The van der Waals surface area contributed by atoms with Crippen LogP contribution in [0, 0.1) is 0 Å². The Labute approximate surface area is 204 Å². The molecule has 13 heteroatoms. The topological polar surface area (TPSA) is 138 Å². The number of hydrogen-bond donors (Lipinski definition) is 3. The number of amides is 4. The number of sulfonamides is 1. The first-order valence-corrected chi connectivity index (χ1v) is 13.1. The zero-order valence-corrected chi connectivity index (χ0v) is 19.9. The summed E-state index contributed by atoms with van der Waals surface area (Å²) in [6, 6.07) is 5.53. The van der Waals surface area contributed by atoms with E-state index in [4.69, 9.17) is 11.6 Å². The standard InChI is InChI=1S/C21H18ClN5O5S2/c22-16-2-4-19(33-16)34(31,32)26-21(30)25-13-1-3-17(24-10-13)27-18(28)9-12-8-15-11(5-6-23-15)7-14(12)20(27)29/h1,3-4,7-8,10,16,23H,2,5-6,9H2,(H2,25,26,30). The van der Waals surface area contributed by atoms with Crippen molar-refractivity contribution in [2.75, 3.05) is 22.1 Å². The minimum atomic E-state index is -4.03. The summed E-state index contributed by atoms with van der Waals surface area (Å²) in [6.45, 7) is 0.790. The second-order valence-electron chi connectivity index (χ2n) is 7.81. The number of allylic oxidation sites excluding steroid dienone is 1. The van der Waals surface area contributed by atoms with Gasteiger partial charge in [-0.1, -0.05) is 17.8 Å². The molecule has 34 heavy (non-hydrogen) atoms. The zero-order chi connectivity index (χ0) is 24.0. The maximum Gasteiger partial charge on any atom is 0.333 e. The third-order valence-electron chi connectivity index (χ3n) is 5.50. The smallest absolute Gasteiger partial charge is 0.333 e. The number of urea groups is 1. The number of benzene rings is 1. The lowest BCUT2D eigenvalue weighted by Gasteiger charge is -2.26. The summed E-state index contributed by atoms with van der Waals surface area (Å²) in [5.74, 6) is -0.760. The molecule has 3 N–H and O–H groups in total. The Kier molecular flexibility index (Phi) is 5.74. The number of halogens is 1. The molecule has 3 aliphatic heterocycles. The predicted octanol–water partition coefficient (Wildman–Crippen LogP) is 2.77. The Morgan fingerprint density at radius 2 is 2.06 bits per heavy atom. The lowest BCUT2D eigenvalue weighted by molar-refractivity contribution is -0.117. The third kappa shape index (κ3) is 4.24. The highest BCUT2D eigenvalue weighted by atomic mass is 35.5. The summed E-state index contributed by atoms with van der Waals surface area (Å²) < 4.78 is 26.0. The molecule has 2 aromatic rings. The molecule has 0 bridgehead atoms. The molecule has 176 valence electrons. The number of anilines is 3. The molecule has 0 radical (unpaired) electrons. The van der Waals surface area contributed by atoms with Crippen LogP contribution in [-0.2, 0) is 27.7 Å². The van der Waals surface area contributed by atoms with E-state index < -0.39 is 32.6 Å². The third-order valence-corrected chi connectivity index (χ3v) is 8.89. The molecule has 1 unspecified atom stereocenters. The largest absolute Gasteiger partial charge is 0.384 e. The second-order valence-corrected chi connectivity index (χ2v) is 11.7. The van der Waals surface area contributed by atoms with Crippen molar-refractivity contribution in [1.82, 2.24) is 9.71 Å². The number of thioether (sulfide) groups is 1. The number of nitrogens with zero attached hydrogens (tertiary/aromatic N) is 2. The second kappa shape index (κ2) is 8.60. The van der Waals surface area contributed by atoms with E-state index in [0.29, 0.717) is 17.5 Å². The van der Waals surface area contributed by atoms with Crippen LogP contribution < -0.4 is 20.3 Å². The summed E-state index contributed by atoms with van der Waals surface area (Å²) in [5, 5.41) is 5.61. The number of imide groups is 1. The van der Waals surface area contributed by atoms with Gasteiger partial charge >= 0.3 is 6.03 Å². The monoisotopic (exact) mass is 519 g/mol. The number of fused-ring (bicyclic) bond motifs is 2. The van der Waals surface area contributed by atoms with Gasteiger partial charge in [0.05, 0.1) is 23.0 Å². The van der Waals surface area contributed by atoms with Gasteiger partial charge < -0.3 is 10.6 Å². The number of alkyl halides is 1. The molecule has 0 fully saturated rings. The summed E-state index contributed by atoms with van der Waals surface area (Å²) >= 11 is 6.84. The molecular formula is C21H18ClN5O5S2. The van der Waals surface area contributed by atoms with Crippen LogP contribution in [0.5, 0.6) is 0 Å². The van der Waals surface area contributed by atoms with Gasteiger partial charge in [0.2, 0.25) is 5.91 Å². The van der Waals surface area contributed by atoms with Crippen molar-refractivity contribution >= 4 is 68.4 Å². The number of hydrogen-bond acceptors (Lipinski definition) is 8. The highest BCUT2D eigenvalue weighted by Gasteiger charge is 2.34. The van der Waals surface area contributed by atoms with Crippen molar-refractivity contribution in [2.24, 2.45) is 0 Å². The van der Waals surface area contributed by atoms with E-state index in [2.05, 4.69) is 15.6 Å². The van der Waals surface area contributed by atoms with E-state index in [1.807, 2.05) is 16.9 Å². The van der Waals surface area contributed by atoms with Crippen molar-refractivity contribution < 1.29 is 22.8 Å². The minimum Gasteiger partial charge on any atom is -0.384 e. The van der Waals surface area contributed by atoms with Gasteiger partial charge in [0.1, 0.15) is 10.1 Å². The molecule has 0 aliphatic carbocycles.